The molecule has 102 valence electrons. The van der Waals surface area contributed by atoms with Gasteiger partial charge in [0.15, 0.2) is 0 Å². The van der Waals surface area contributed by atoms with Crippen LogP contribution in [0.15, 0.2) is 44.0 Å². The van der Waals surface area contributed by atoms with E-state index < -0.39 is 6.10 Å². The number of aliphatic hydroxyl groups excluding tert-OH is 1. The van der Waals surface area contributed by atoms with Gasteiger partial charge in [-0.25, -0.2) is 0 Å². The van der Waals surface area contributed by atoms with Crippen LogP contribution in [0.25, 0.3) is 0 Å². The molecule has 0 saturated heterocycles. The second-order valence-electron chi connectivity index (χ2n) is 4.37. The monoisotopic (exact) mass is 403 g/mol. The number of nitrogens with one attached hydrogen (secondary N) is 1. The number of hydrogen-bond acceptors (Lipinski definition) is 3. The van der Waals surface area contributed by atoms with Crippen LogP contribution in [0.3, 0.4) is 0 Å². The molecule has 0 aliphatic carbocycles. The van der Waals surface area contributed by atoms with Crippen molar-refractivity contribution in [1.29, 1.82) is 0 Å². The summed E-state index contributed by atoms with van der Waals surface area (Å²) in [4.78, 5) is 0. The Bertz CT molecular complexity index is 530. The minimum atomic E-state index is -0.456. The maximum Gasteiger partial charge on any atom is 0.0922 e. The van der Waals surface area contributed by atoms with Crippen LogP contribution >= 0.6 is 43.2 Å². The summed E-state index contributed by atoms with van der Waals surface area (Å²) in [7, 11) is 0. The average Bonchev–Trinajstić information content (AvgIpc) is 2.89. The summed E-state index contributed by atoms with van der Waals surface area (Å²) < 4.78 is 2.11. The quantitative estimate of drug-likeness (QED) is 0.759. The van der Waals surface area contributed by atoms with Crippen molar-refractivity contribution in [3.63, 3.8) is 0 Å². The van der Waals surface area contributed by atoms with Gasteiger partial charge in [-0.15, -0.1) is 0 Å². The van der Waals surface area contributed by atoms with Gasteiger partial charge in [0.25, 0.3) is 0 Å². The van der Waals surface area contributed by atoms with Gasteiger partial charge in [0.2, 0.25) is 0 Å². The van der Waals surface area contributed by atoms with Crippen molar-refractivity contribution in [2.45, 2.75) is 19.1 Å². The number of hydrogen-bond donors (Lipinski definition) is 2. The molecule has 0 amide bonds. The fourth-order valence-corrected chi connectivity index (χ4v) is 3.93. The van der Waals surface area contributed by atoms with Gasteiger partial charge in [0.05, 0.1) is 6.10 Å². The van der Waals surface area contributed by atoms with E-state index in [0.717, 1.165) is 14.5 Å². The predicted octanol–water partition coefficient (Wildman–Crippen LogP) is 4.66. The maximum absolute atomic E-state index is 10.0. The van der Waals surface area contributed by atoms with Crippen molar-refractivity contribution in [3.05, 3.63) is 55.1 Å². The molecular weight excluding hydrogens is 390 g/mol. The van der Waals surface area contributed by atoms with E-state index in [-0.39, 0.29) is 6.04 Å². The Morgan fingerprint density at radius 2 is 2.11 bits per heavy atom. The molecule has 0 radical (unpaired) electrons. The Labute approximate surface area is 134 Å². The van der Waals surface area contributed by atoms with Gasteiger partial charge < -0.3 is 10.4 Å². The van der Waals surface area contributed by atoms with Gasteiger partial charge in [-0.1, -0.05) is 37.9 Å². The lowest BCUT2D eigenvalue weighted by Gasteiger charge is -2.18. The molecule has 2 unspecified atom stereocenters. The minimum Gasteiger partial charge on any atom is -0.387 e. The summed E-state index contributed by atoms with van der Waals surface area (Å²) in [5, 5.41) is 17.4. The molecule has 1 aromatic heterocycles. The highest BCUT2D eigenvalue weighted by Crippen LogP contribution is 2.27. The molecular formula is C14H15Br2NOS. The SMILES string of the molecule is CC(NCC(O)c1ccsc1)c1ccc(Br)cc1Br. The van der Waals surface area contributed by atoms with E-state index in [1.165, 1.54) is 5.56 Å². The van der Waals surface area contributed by atoms with Gasteiger partial charge >= 0.3 is 0 Å². The van der Waals surface area contributed by atoms with E-state index in [1.807, 2.05) is 29.0 Å². The van der Waals surface area contributed by atoms with Crippen LogP contribution in [0.4, 0.5) is 0 Å². The standard InChI is InChI=1S/C14H15Br2NOS/c1-9(12-3-2-11(15)6-13(12)16)17-7-14(18)10-4-5-19-8-10/h2-6,8-9,14,17-18H,7H2,1H3. The average molecular weight is 405 g/mol. The number of benzene rings is 1. The van der Waals surface area contributed by atoms with Crippen molar-refractivity contribution in [2.75, 3.05) is 6.54 Å². The highest BCUT2D eigenvalue weighted by atomic mass is 79.9. The fourth-order valence-electron chi connectivity index (χ4n) is 1.83. The molecule has 1 heterocycles. The number of thiophene rings is 1. The van der Waals surface area contributed by atoms with Crippen molar-refractivity contribution < 1.29 is 5.11 Å². The zero-order valence-corrected chi connectivity index (χ0v) is 14.4. The molecule has 2 aromatic rings. The summed E-state index contributed by atoms with van der Waals surface area (Å²) in [6, 6.07) is 8.26. The van der Waals surface area contributed by atoms with Gasteiger partial charge in [-0.2, -0.15) is 11.3 Å². The third kappa shape index (κ3) is 4.13. The van der Waals surface area contributed by atoms with Crippen molar-refractivity contribution in [3.8, 4) is 0 Å². The molecule has 2 N–H and O–H groups in total. The van der Waals surface area contributed by atoms with Crippen molar-refractivity contribution >= 4 is 43.2 Å². The van der Waals surface area contributed by atoms with Gasteiger partial charge in [-0.05, 0) is 47.0 Å². The lowest BCUT2D eigenvalue weighted by molar-refractivity contribution is 0.171. The first-order chi connectivity index (χ1) is 9.08. The molecule has 19 heavy (non-hydrogen) atoms. The Kier molecular flexibility index (Phi) is 5.59. The van der Waals surface area contributed by atoms with E-state index in [2.05, 4.69) is 50.2 Å². The second-order valence-corrected chi connectivity index (χ2v) is 6.92. The first-order valence-electron chi connectivity index (χ1n) is 5.96. The van der Waals surface area contributed by atoms with Gasteiger partial charge in [-0.3, -0.25) is 0 Å². The Morgan fingerprint density at radius 1 is 1.32 bits per heavy atom. The summed E-state index contributed by atoms with van der Waals surface area (Å²) >= 11 is 8.61. The molecule has 0 bridgehead atoms. The zero-order valence-electron chi connectivity index (χ0n) is 10.4. The molecule has 0 spiro atoms. The van der Waals surface area contributed by atoms with E-state index in [9.17, 15) is 5.11 Å². The van der Waals surface area contributed by atoms with Gasteiger partial charge in [0.1, 0.15) is 0 Å². The number of aliphatic hydroxyl groups is 1. The normalized spacial score (nSPS) is 14.3. The molecule has 2 rings (SSSR count). The van der Waals surface area contributed by atoms with E-state index in [4.69, 9.17) is 0 Å². The Hall–Kier alpha value is -0.200. The first kappa shape index (κ1) is 15.2. The molecule has 0 aliphatic heterocycles. The molecule has 0 saturated carbocycles. The fraction of sp³-hybridized carbons (Fsp3) is 0.286. The van der Waals surface area contributed by atoms with Crippen LogP contribution in [-0.4, -0.2) is 11.7 Å². The van der Waals surface area contributed by atoms with Crippen molar-refractivity contribution in [1.82, 2.24) is 5.32 Å². The summed E-state index contributed by atoms with van der Waals surface area (Å²) in [6.07, 6.45) is -0.456. The minimum absolute atomic E-state index is 0.177. The smallest absolute Gasteiger partial charge is 0.0922 e. The largest absolute Gasteiger partial charge is 0.387 e. The van der Waals surface area contributed by atoms with Crippen LogP contribution < -0.4 is 5.32 Å². The predicted molar refractivity (Wildman–Crippen MR) is 87.5 cm³/mol. The lowest BCUT2D eigenvalue weighted by atomic mass is 10.1. The van der Waals surface area contributed by atoms with Crippen LogP contribution in [-0.2, 0) is 0 Å². The number of rotatable bonds is 5. The third-order valence-corrected chi connectivity index (χ3v) is 4.86. The van der Waals surface area contributed by atoms with Crippen LogP contribution in [0.2, 0.25) is 0 Å². The highest BCUT2D eigenvalue weighted by Gasteiger charge is 2.13. The third-order valence-electron chi connectivity index (χ3n) is 2.97. The zero-order chi connectivity index (χ0) is 13.8. The molecule has 0 aliphatic rings. The molecule has 2 atom stereocenters. The summed E-state index contributed by atoms with van der Waals surface area (Å²) in [5.41, 5.74) is 2.15. The molecule has 1 aromatic carbocycles. The molecule has 5 heteroatoms. The Balaban J connectivity index is 1.96. The van der Waals surface area contributed by atoms with Crippen molar-refractivity contribution in [2.24, 2.45) is 0 Å². The molecule has 2 nitrogen and oxygen atoms in total. The van der Waals surface area contributed by atoms with Crippen LogP contribution in [0.1, 0.15) is 30.2 Å². The van der Waals surface area contributed by atoms with E-state index in [1.54, 1.807) is 11.3 Å². The Morgan fingerprint density at radius 3 is 2.74 bits per heavy atom. The maximum atomic E-state index is 10.0. The highest BCUT2D eigenvalue weighted by molar-refractivity contribution is 9.11. The first-order valence-corrected chi connectivity index (χ1v) is 8.49. The van der Waals surface area contributed by atoms with Crippen LogP contribution in [0, 0.1) is 0 Å². The van der Waals surface area contributed by atoms with E-state index in [0.29, 0.717) is 6.54 Å². The lowest BCUT2D eigenvalue weighted by Crippen LogP contribution is -2.24. The topological polar surface area (TPSA) is 32.3 Å². The van der Waals surface area contributed by atoms with E-state index >= 15 is 0 Å². The van der Waals surface area contributed by atoms with Gasteiger partial charge in [0, 0.05) is 21.5 Å². The number of halogens is 2. The molecule has 0 fully saturated rings. The summed E-state index contributed by atoms with van der Waals surface area (Å²) in [6.45, 7) is 2.63. The van der Waals surface area contributed by atoms with Crippen LogP contribution in [0.5, 0.6) is 0 Å². The summed E-state index contributed by atoms with van der Waals surface area (Å²) in [5.74, 6) is 0. The second kappa shape index (κ2) is 6.99.